The first-order valence-corrected chi connectivity index (χ1v) is 10.6. The van der Waals surface area contributed by atoms with Gasteiger partial charge in [-0.2, -0.15) is 4.31 Å². The number of amides is 1. The molecule has 3 saturated heterocycles. The summed E-state index contributed by atoms with van der Waals surface area (Å²) in [7, 11) is -1.72. The van der Waals surface area contributed by atoms with Gasteiger partial charge in [0.1, 0.15) is 10.6 Å². The molecule has 26 heavy (non-hydrogen) atoms. The van der Waals surface area contributed by atoms with Gasteiger partial charge in [0.15, 0.2) is 5.76 Å². The van der Waals surface area contributed by atoms with Crippen LogP contribution in [-0.2, 0) is 14.8 Å². The van der Waals surface area contributed by atoms with Gasteiger partial charge in [-0.1, -0.05) is 5.16 Å². The molecule has 0 radical (unpaired) electrons. The Morgan fingerprint density at radius 1 is 1.19 bits per heavy atom. The van der Waals surface area contributed by atoms with Crippen molar-refractivity contribution in [1.29, 1.82) is 0 Å². The van der Waals surface area contributed by atoms with Gasteiger partial charge in [0.25, 0.3) is 0 Å². The van der Waals surface area contributed by atoms with Crippen LogP contribution < -0.4 is 0 Å². The van der Waals surface area contributed by atoms with Crippen molar-refractivity contribution in [2.45, 2.75) is 31.6 Å². The van der Waals surface area contributed by atoms with Crippen molar-refractivity contribution in [2.75, 3.05) is 46.3 Å². The molecular weight excluding hydrogens is 356 g/mol. The number of nitrogens with zero attached hydrogens (tertiary/aromatic N) is 4. The summed E-state index contributed by atoms with van der Waals surface area (Å²) in [6.45, 7) is 6.79. The zero-order valence-corrected chi connectivity index (χ0v) is 16.4. The fourth-order valence-corrected chi connectivity index (χ4v) is 6.81. The summed E-state index contributed by atoms with van der Waals surface area (Å²) < 4.78 is 33.0. The van der Waals surface area contributed by atoms with E-state index in [1.165, 1.54) is 4.31 Å². The summed E-state index contributed by atoms with van der Waals surface area (Å²) in [5, 5.41) is 3.79. The molecule has 2 atom stereocenters. The fourth-order valence-electron chi connectivity index (χ4n) is 4.96. The molecule has 0 saturated carbocycles. The molecule has 0 aliphatic carbocycles. The molecule has 144 valence electrons. The van der Waals surface area contributed by atoms with Crippen molar-refractivity contribution in [3.63, 3.8) is 0 Å². The van der Waals surface area contributed by atoms with Gasteiger partial charge in [-0.3, -0.25) is 4.79 Å². The van der Waals surface area contributed by atoms with E-state index < -0.39 is 15.4 Å². The topological polar surface area (TPSA) is 87.0 Å². The van der Waals surface area contributed by atoms with E-state index in [2.05, 4.69) is 10.1 Å². The highest BCUT2D eigenvalue weighted by atomic mass is 32.2. The lowest BCUT2D eigenvalue weighted by atomic mass is 9.79. The van der Waals surface area contributed by atoms with Crippen LogP contribution in [0.2, 0.25) is 0 Å². The van der Waals surface area contributed by atoms with Crippen molar-refractivity contribution >= 4 is 15.9 Å². The first kappa shape index (κ1) is 17.9. The van der Waals surface area contributed by atoms with Crippen LogP contribution in [0.1, 0.15) is 24.3 Å². The summed E-state index contributed by atoms with van der Waals surface area (Å²) in [6.07, 6.45) is 2.06. The Balaban J connectivity index is 1.67. The highest BCUT2D eigenvalue weighted by Crippen LogP contribution is 2.46. The van der Waals surface area contributed by atoms with Crippen molar-refractivity contribution in [1.82, 2.24) is 19.3 Å². The summed E-state index contributed by atoms with van der Waals surface area (Å²) in [4.78, 5) is 17.6. The second-order valence-electron chi connectivity index (χ2n) is 8.00. The summed E-state index contributed by atoms with van der Waals surface area (Å²) in [6, 6.07) is 0. The lowest BCUT2D eigenvalue weighted by Gasteiger charge is -2.32. The lowest BCUT2D eigenvalue weighted by Crippen LogP contribution is -2.49. The maximum absolute atomic E-state index is 13.3. The molecule has 0 spiro atoms. The monoisotopic (exact) mass is 382 g/mol. The number of aromatic nitrogens is 1. The smallest absolute Gasteiger partial charge is 0.248 e. The van der Waals surface area contributed by atoms with E-state index >= 15 is 0 Å². The predicted octanol–water partition coefficient (Wildman–Crippen LogP) is 0.466. The molecule has 3 fully saturated rings. The van der Waals surface area contributed by atoms with Gasteiger partial charge in [-0.25, -0.2) is 8.42 Å². The number of carbonyl (C=O) groups excluding carboxylic acids is 1. The van der Waals surface area contributed by atoms with Crippen LogP contribution in [0, 0.1) is 25.2 Å². The fraction of sp³-hybridized carbons (Fsp3) is 0.765. The third kappa shape index (κ3) is 2.51. The average molecular weight is 382 g/mol. The standard InChI is InChI=1S/C17H26N4O4S/c1-12-15(13(2)25-18-12)26(23,24)21-9-14-8-19(3)10-17(14,11-21)16(22)20-6-4-5-7-20/h14H,4-11H2,1-3H3/t14-,17-/m0/s1. The van der Waals surface area contributed by atoms with Gasteiger partial charge in [-0.15, -0.1) is 0 Å². The maximum Gasteiger partial charge on any atom is 0.248 e. The van der Waals surface area contributed by atoms with Crippen LogP contribution in [0.5, 0.6) is 0 Å². The van der Waals surface area contributed by atoms with E-state index in [9.17, 15) is 13.2 Å². The molecule has 1 aromatic heterocycles. The second-order valence-corrected chi connectivity index (χ2v) is 9.87. The number of sulfonamides is 1. The van der Waals surface area contributed by atoms with Gasteiger partial charge in [0.05, 0.1) is 5.41 Å². The van der Waals surface area contributed by atoms with E-state index in [4.69, 9.17) is 4.52 Å². The van der Waals surface area contributed by atoms with Crippen molar-refractivity contribution in [3.05, 3.63) is 11.5 Å². The highest BCUT2D eigenvalue weighted by molar-refractivity contribution is 7.89. The molecule has 9 heteroatoms. The largest absolute Gasteiger partial charge is 0.360 e. The molecule has 4 rings (SSSR count). The van der Waals surface area contributed by atoms with Crippen LogP contribution in [0.25, 0.3) is 0 Å². The molecule has 3 aliphatic rings. The first-order valence-electron chi connectivity index (χ1n) is 9.16. The predicted molar refractivity (Wildman–Crippen MR) is 94.0 cm³/mol. The van der Waals surface area contributed by atoms with Crippen LogP contribution in [0.15, 0.2) is 9.42 Å². The van der Waals surface area contributed by atoms with Crippen molar-refractivity contribution in [3.8, 4) is 0 Å². The molecule has 4 heterocycles. The normalized spacial score (nSPS) is 30.3. The average Bonchev–Trinajstić information content (AvgIpc) is 3.30. The minimum absolute atomic E-state index is 0.0239. The number of fused-ring (bicyclic) bond motifs is 1. The molecule has 1 aromatic rings. The van der Waals surface area contributed by atoms with Crippen molar-refractivity contribution < 1.29 is 17.7 Å². The maximum atomic E-state index is 13.3. The summed E-state index contributed by atoms with van der Waals surface area (Å²) in [5.74, 6) is 0.452. The van der Waals surface area contributed by atoms with Gasteiger partial charge in [-0.05, 0) is 33.7 Å². The Kier molecular flexibility index (Phi) is 4.16. The van der Waals surface area contributed by atoms with Gasteiger partial charge in [0, 0.05) is 45.2 Å². The van der Waals surface area contributed by atoms with E-state index in [0.717, 1.165) is 32.5 Å². The van der Waals surface area contributed by atoms with Gasteiger partial charge < -0.3 is 14.3 Å². The number of rotatable bonds is 3. The molecule has 8 nitrogen and oxygen atoms in total. The quantitative estimate of drug-likeness (QED) is 0.755. The minimum Gasteiger partial charge on any atom is -0.360 e. The number of carbonyl (C=O) groups is 1. The Bertz CT molecular complexity index is 810. The number of aryl methyl sites for hydroxylation is 2. The SMILES string of the molecule is Cc1noc(C)c1S(=O)(=O)N1C[C@@H]2CN(C)C[C@]2(C(=O)N2CCCC2)C1. The van der Waals surface area contributed by atoms with Crippen LogP contribution in [0.3, 0.4) is 0 Å². The second kappa shape index (κ2) is 6.03. The Hall–Kier alpha value is -1.45. The molecular formula is C17H26N4O4S. The van der Waals surface area contributed by atoms with Crippen LogP contribution in [0.4, 0.5) is 0 Å². The van der Waals surface area contributed by atoms with Crippen LogP contribution in [-0.4, -0.2) is 79.9 Å². The molecule has 0 unspecified atom stereocenters. The van der Waals surface area contributed by atoms with E-state index in [0.29, 0.717) is 24.5 Å². The summed E-state index contributed by atoms with van der Waals surface area (Å²) in [5.41, 5.74) is -0.262. The van der Waals surface area contributed by atoms with Crippen LogP contribution >= 0.6 is 0 Å². The van der Waals surface area contributed by atoms with Gasteiger partial charge >= 0.3 is 0 Å². The third-order valence-electron chi connectivity index (χ3n) is 6.13. The molecule has 0 aromatic carbocycles. The first-order chi connectivity index (χ1) is 12.3. The zero-order valence-electron chi connectivity index (χ0n) is 15.6. The van der Waals surface area contributed by atoms with E-state index in [1.54, 1.807) is 13.8 Å². The minimum atomic E-state index is -3.72. The highest BCUT2D eigenvalue weighted by Gasteiger charge is 2.60. The Labute approximate surface area is 154 Å². The van der Waals surface area contributed by atoms with Gasteiger partial charge in [0.2, 0.25) is 15.9 Å². The molecule has 3 aliphatic heterocycles. The summed E-state index contributed by atoms with van der Waals surface area (Å²) >= 11 is 0. The molecule has 0 bridgehead atoms. The van der Waals surface area contributed by atoms with E-state index in [1.807, 2.05) is 11.9 Å². The van der Waals surface area contributed by atoms with E-state index in [-0.39, 0.29) is 23.3 Å². The molecule has 1 amide bonds. The number of hydrogen-bond acceptors (Lipinski definition) is 6. The molecule has 0 N–H and O–H groups in total. The Morgan fingerprint density at radius 2 is 1.88 bits per heavy atom. The third-order valence-corrected chi connectivity index (χ3v) is 8.19. The number of hydrogen-bond donors (Lipinski definition) is 0. The Morgan fingerprint density at radius 3 is 2.50 bits per heavy atom. The zero-order chi connectivity index (χ0) is 18.7. The van der Waals surface area contributed by atoms with Crippen molar-refractivity contribution in [2.24, 2.45) is 11.3 Å². The number of likely N-dealkylation sites (tertiary alicyclic amines) is 2. The lowest BCUT2D eigenvalue weighted by molar-refractivity contribution is -0.140.